The Morgan fingerprint density at radius 3 is 2.40 bits per heavy atom. The average molecular weight is 340 g/mol. The molecule has 5 nitrogen and oxygen atoms in total. The van der Waals surface area contributed by atoms with Crippen LogP contribution in [0.1, 0.15) is 42.6 Å². The maximum Gasteiger partial charge on any atom is 0.315 e. The smallest absolute Gasteiger partial charge is 0.315 e. The van der Waals surface area contributed by atoms with Crippen molar-refractivity contribution < 1.29 is 14.3 Å². The monoisotopic (exact) mass is 340 g/mol. The van der Waals surface area contributed by atoms with Crippen LogP contribution in [0.3, 0.4) is 0 Å². The van der Waals surface area contributed by atoms with Crippen LogP contribution in [0.15, 0.2) is 42.5 Å². The largest absolute Gasteiger partial charge is 0.486 e. The number of hydrogen-bond donors (Lipinski definition) is 2. The molecule has 5 heteroatoms. The number of fused-ring (bicyclic) bond motifs is 1. The van der Waals surface area contributed by atoms with E-state index in [4.69, 9.17) is 9.47 Å². The topological polar surface area (TPSA) is 59.6 Å². The molecular weight excluding hydrogens is 316 g/mol. The second-order valence-electron chi connectivity index (χ2n) is 6.32. The Morgan fingerprint density at radius 1 is 0.960 bits per heavy atom. The van der Waals surface area contributed by atoms with Crippen LogP contribution in [0.5, 0.6) is 11.5 Å². The summed E-state index contributed by atoms with van der Waals surface area (Å²) in [5.74, 6) is 1.48. The predicted octanol–water partition coefficient (Wildman–Crippen LogP) is 3.89. The zero-order valence-corrected chi connectivity index (χ0v) is 14.8. The molecule has 25 heavy (non-hydrogen) atoms. The summed E-state index contributed by atoms with van der Waals surface area (Å²) in [5, 5.41) is 5.97. The van der Waals surface area contributed by atoms with Gasteiger partial charge < -0.3 is 20.1 Å². The first kappa shape index (κ1) is 17.1. The maximum absolute atomic E-state index is 12.3. The molecule has 3 rings (SSSR count). The van der Waals surface area contributed by atoms with Gasteiger partial charge in [0.1, 0.15) is 13.2 Å². The summed E-state index contributed by atoms with van der Waals surface area (Å²) in [4.78, 5) is 12.3. The lowest BCUT2D eigenvalue weighted by Crippen LogP contribution is -2.38. The van der Waals surface area contributed by atoms with Crippen LogP contribution in [0.4, 0.5) is 4.79 Å². The van der Waals surface area contributed by atoms with Crippen LogP contribution >= 0.6 is 0 Å². The second-order valence-corrected chi connectivity index (χ2v) is 6.32. The van der Waals surface area contributed by atoms with Crippen molar-refractivity contribution in [3.8, 4) is 11.5 Å². The van der Waals surface area contributed by atoms with Gasteiger partial charge in [-0.25, -0.2) is 4.79 Å². The van der Waals surface area contributed by atoms with E-state index >= 15 is 0 Å². The summed E-state index contributed by atoms with van der Waals surface area (Å²) in [6.07, 6.45) is 0. The number of carbonyl (C=O) groups is 1. The van der Waals surface area contributed by atoms with E-state index in [0.29, 0.717) is 13.2 Å². The van der Waals surface area contributed by atoms with Crippen LogP contribution in [-0.4, -0.2) is 19.2 Å². The van der Waals surface area contributed by atoms with E-state index in [-0.39, 0.29) is 18.1 Å². The van der Waals surface area contributed by atoms with Crippen molar-refractivity contribution in [2.45, 2.75) is 32.9 Å². The first-order chi connectivity index (χ1) is 12.0. The zero-order chi connectivity index (χ0) is 17.8. The Bertz CT molecular complexity index is 760. The molecule has 2 atom stereocenters. The molecule has 1 aliphatic heterocycles. The molecule has 0 aromatic heterocycles. The van der Waals surface area contributed by atoms with E-state index in [1.807, 2.05) is 63.2 Å². The third-order valence-electron chi connectivity index (χ3n) is 4.42. The molecule has 2 N–H and O–H groups in total. The summed E-state index contributed by atoms with van der Waals surface area (Å²) >= 11 is 0. The highest BCUT2D eigenvalue weighted by Crippen LogP contribution is 2.32. The minimum absolute atomic E-state index is 0.0614. The molecule has 0 spiro atoms. The fraction of sp³-hybridized carbons (Fsp3) is 0.350. The quantitative estimate of drug-likeness (QED) is 0.888. The number of carbonyl (C=O) groups excluding carboxylic acids is 1. The lowest BCUT2D eigenvalue weighted by atomic mass is 10.0. The molecule has 132 valence electrons. The average Bonchev–Trinajstić information content (AvgIpc) is 2.61. The molecule has 0 saturated carbocycles. The molecule has 0 radical (unpaired) electrons. The number of benzene rings is 2. The fourth-order valence-corrected chi connectivity index (χ4v) is 3.00. The summed E-state index contributed by atoms with van der Waals surface area (Å²) in [6, 6.07) is 13.4. The standard InChI is InChI=1S/C20H24N2O3/c1-13-6-4-5-7-17(13)15(3)22-20(23)21-14(2)16-8-9-18-19(12-16)25-11-10-24-18/h4-9,12,14-15H,10-11H2,1-3H3,(H2,21,22,23). The van der Waals surface area contributed by atoms with Gasteiger partial charge in [-0.3, -0.25) is 0 Å². The number of amides is 2. The van der Waals surface area contributed by atoms with Crippen molar-refractivity contribution in [3.05, 3.63) is 59.2 Å². The highest BCUT2D eigenvalue weighted by Gasteiger charge is 2.17. The fourth-order valence-electron chi connectivity index (χ4n) is 3.00. The Balaban J connectivity index is 1.61. The van der Waals surface area contributed by atoms with Crippen LogP contribution in [0, 0.1) is 6.92 Å². The minimum Gasteiger partial charge on any atom is -0.486 e. The molecule has 0 bridgehead atoms. The Morgan fingerprint density at radius 2 is 1.64 bits per heavy atom. The maximum atomic E-state index is 12.3. The van der Waals surface area contributed by atoms with Crippen molar-refractivity contribution in [1.82, 2.24) is 10.6 Å². The SMILES string of the molecule is Cc1ccccc1C(C)NC(=O)NC(C)c1ccc2c(c1)OCCO2. The minimum atomic E-state index is -0.196. The van der Waals surface area contributed by atoms with Crippen molar-refractivity contribution in [2.75, 3.05) is 13.2 Å². The molecule has 0 fully saturated rings. The predicted molar refractivity (Wildman–Crippen MR) is 97.1 cm³/mol. The van der Waals surface area contributed by atoms with Gasteiger partial charge in [0.25, 0.3) is 0 Å². The Labute approximate surface area is 148 Å². The molecule has 2 unspecified atom stereocenters. The normalized spacial score (nSPS) is 15.2. The van der Waals surface area contributed by atoms with E-state index in [2.05, 4.69) is 10.6 Å². The van der Waals surface area contributed by atoms with Crippen molar-refractivity contribution in [3.63, 3.8) is 0 Å². The van der Waals surface area contributed by atoms with E-state index in [1.165, 1.54) is 0 Å². The van der Waals surface area contributed by atoms with Crippen LogP contribution < -0.4 is 20.1 Å². The molecule has 2 aromatic carbocycles. The number of nitrogens with one attached hydrogen (secondary N) is 2. The highest BCUT2D eigenvalue weighted by molar-refractivity contribution is 5.75. The van der Waals surface area contributed by atoms with E-state index < -0.39 is 0 Å². The van der Waals surface area contributed by atoms with E-state index in [0.717, 1.165) is 28.2 Å². The van der Waals surface area contributed by atoms with Gasteiger partial charge in [0.05, 0.1) is 12.1 Å². The number of aryl methyl sites for hydroxylation is 1. The Kier molecular flexibility index (Phi) is 5.12. The molecule has 2 amide bonds. The third-order valence-corrected chi connectivity index (χ3v) is 4.42. The molecule has 1 aliphatic rings. The van der Waals surface area contributed by atoms with Crippen LogP contribution in [0.2, 0.25) is 0 Å². The van der Waals surface area contributed by atoms with Gasteiger partial charge in [0, 0.05) is 0 Å². The zero-order valence-electron chi connectivity index (χ0n) is 14.8. The number of urea groups is 1. The van der Waals surface area contributed by atoms with Gasteiger partial charge in [-0.05, 0) is 49.6 Å². The van der Waals surface area contributed by atoms with Gasteiger partial charge in [0.15, 0.2) is 11.5 Å². The highest BCUT2D eigenvalue weighted by atomic mass is 16.6. The first-order valence-corrected chi connectivity index (χ1v) is 8.56. The summed E-state index contributed by atoms with van der Waals surface area (Å²) < 4.78 is 11.1. The molecular formula is C20H24N2O3. The number of ether oxygens (including phenoxy) is 2. The summed E-state index contributed by atoms with van der Waals surface area (Å²) in [6.45, 7) is 7.09. The van der Waals surface area contributed by atoms with Crippen molar-refractivity contribution in [1.29, 1.82) is 0 Å². The summed E-state index contributed by atoms with van der Waals surface area (Å²) in [7, 11) is 0. The molecule has 0 saturated heterocycles. The van der Waals surface area contributed by atoms with Crippen molar-refractivity contribution >= 4 is 6.03 Å². The number of rotatable bonds is 4. The van der Waals surface area contributed by atoms with Gasteiger partial charge in [-0.1, -0.05) is 30.3 Å². The van der Waals surface area contributed by atoms with Gasteiger partial charge in [-0.2, -0.15) is 0 Å². The van der Waals surface area contributed by atoms with Gasteiger partial charge in [0.2, 0.25) is 0 Å². The molecule has 2 aromatic rings. The Hall–Kier alpha value is -2.69. The third kappa shape index (κ3) is 4.05. The lowest BCUT2D eigenvalue weighted by molar-refractivity contribution is 0.171. The first-order valence-electron chi connectivity index (χ1n) is 8.56. The number of hydrogen-bond acceptors (Lipinski definition) is 3. The van der Waals surface area contributed by atoms with Crippen LogP contribution in [0.25, 0.3) is 0 Å². The second kappa shape index (κ2) is 7.47. The molecule has 0 aliphatic carbocycles. The summed E-state index contributed by atoms with van der Waals surface area (Å²) in [5.41, 5.74) is 3.25. The van der Waals surface area contributed by atoms with Crippen molar-refractivity contribution in [2.24, 2.45) is 0 Å². The van der Waals surface area contributed by atoms with E-state index in [9.17, 15) is 4.79 Å². The lowest BCUT2D eigenvalue weighted by Gasteiger charge is -2.22. The van der Waals surface area contributed by atoms with Gasteiger partial charge >= 0.3 is 6.03 Å². The molecule has 1 heterocycles. The van der Waals surface area contributed by atoms with Gasteiger partial charge in [-0.15, -0.1) is 0 Å². The van der Waals surface area contributed by atoms with Crippen LogP contribution in [-0.2, 0) is 0 Å². The van der Waals surface area contributed by atoms with E-state index in [1.54, 1.807) is 0 Å².